The molecule has 0 aromatic heterocycles. The van der Waals surface area contributed by atoms with Crippen LogP contribution in [0.4, 0.5) is 13.2 Å². The first-order valence-electron chi connectivity index (χ1n) is 5.78. The van der Waals surface area contributed by atoms with Gasteiger partial charge in [-0.25, -0.2) is 13.6 Å². The number of ether oxygens (including phenoxy) is 2. The smallest absolute Gasteiger partial charge is 0.410 e. The molecule has 118 valence electrons. The molecule has 2 N–H and O–H groups in total. The van der Waals surface area contributed by atoms with Gasteiger partial charge in [0.25, 0.3) is 0 Å². The zero-order valence-electron chi connectivity index (χ0n) is 10.5. The number of benzene rings is 1. The number of hydrogen-bond acceptors (Lipinski definition) is 4. The van der Waals surface area contributed by atoms with Gasteiger partial charge in [0.15, 0.2) is 16.7 Å². The van der Waals surface area contributed by atoms with Crippen LogP contribution in [-0.2, 0) is 10.0 Å². The van der Waals surface area contributed by atoms with E-state index >= 15 is 0 Å². The molecule has 5 nitrogen and oxygen atoms in total. The van der Waals surface area contributed by atoms with Crippen LogP contribution in [0, 0.1) is 0 Å². The molecule has 1 aromatic carbocycles. The van der Waals surface area contributed by atoms with E-state index in [2.05, 4.69) is 15.9 Å². The fourth-order valence-electron chi connectivity index (χ4n) is 1.97. The minimum Gasteiger partial charge on any atom is -0.490 e. The molecule has 0 amide bonds. The summed E-state index contributed by atoms with van der Waals surface area (Å²) in [5.41, 5.74) is -0.527. The molecule has 1 aliphatic heterocycles. The molecule has 0 aliphatic carbocycles. The van der Waals surface area contributed by atoms with E-state index in [1.54, 1.807) is 0 Å². The lowest BCUT2D eigenvalue weighted by Crippen LogP contribution is -2.33. The monoisotopic (exact) mass is 389 g/mol. The molecule has 0 radical (unpaired) electrons. The van der Waals surface area contributed by atoms with Gasteiger partial charge in [0, 0.05) is 6.42 Å². The Morgan fingerprint density at radius 3 is 2.43 bits per heavy atom. The first-order valence-corrected chi connectivity index (χ1v) is 8.18. The predicted molar refractivity (Wildman–Crippen MR) is 71.7 cm³/mol. The zero-order chi connectivity index (χ0) is 15.8. The molecule has 2 rings (SSSR count). The van der Waals surface area contributed by atoms with E-state index in [1.807, 2.05) is 0 Å². The van der Waals surface area contributed by atoms with Crippen LogP contribution in [0.15, 0.2) is 16.6 Å². The van der Waals surface area contributed by atoms with Crippen molar-refractivity contribution < 1.29 is 31.1 Å². The molecule has 0 bridgehead atoms. The summed E-state index contributed by atoms with van der Waals surface area (Å²) in [4.78, 5) is 0. The van der Waals surface area contributed by atoms with E-state index in [9.17, 15) is 21.6 Å². The number of sulfonamides is 1. The maximum atomic E-state index is 13.0. The van der Waals surface area contributed by atoms with Crippen LogP contribution in [0.2, 0.25) is 0 Å². The Morgan fingerprint density at radius 2 is 1.86 bits per heavy atom. The number of alkyl halides is 3. The van der Waals surface area contributed by atoms with Crippen molar-refractivity contribution in [3.05, 3.63) is 22.2 Å². The van der Waals surface area contributed by atoms with Gasteiger partial charge in [0.05, 0.1) is 17.7 Å². The SMILES string of the molecule is NS(=O)(=O)C(c1cc(Br)c2c(c1)OCCCO2)C(F)(F)F. The van der Waals surface area contributed by atoms with Gasteiger partial charge in [-0.15, -0.1) is 0 Å². The summed E-state index contributed by atoms with van der Waals surface area (Å²) in [6.45, 7) is 0.609. The van der Waals surface area contributed by atoms with Gasteiger partial charge in [-0.2, -0.15) is 13.2 Å². The average Bonchev–Trinajstić information content (AvgIpc) is 2.50. The Hall–Kier alpha value is -1.00. The van der Waals surface area contributed by atoms with Gasteiger partial charge >= 0.3 is 6.18 Å². The Kier molecular flexibility index (Phi) is 4.41. The van der Waals surface area contributed by atoms with Crippen LogP contribution < -0.4 is 14.6 Å². The van der Waals surface area contributed by atoms with Gasteiger partial charge in [0.2, 0.25) is 10.0 Å². The van der Waals surface area contributed by atoms with Crippen molar-refractivity contribution in [1.29, 1.82) is 0 Å². The van der Waals surface area contributed by atoms with Crippen LogP contribution >= 0.6 is 15.9 Å². The minimum absolute atomic E-state index is 0.0507. The lowest BCUT2D eigenvalue weighted by molar-refractivity contribution is -0.131. The first kappa shape index (κ1) is 16.4. The van der Waals surface area contributed by atoms with E-state index in [4.69, 9.17) is 14.6 Å². The quantitative estimate of drug-likeness (QED) is 0.842. The number of hydrogen-bond donors (Lipinski definition) is 1. The summed E-state index contributed by atoms with van der Waals surface area (Å²) < 4.78 is 72.4. The van der Waals surface area contributed by atoms with Gasteiger partial charge in [0.1, 0.15) is 0 Å². The highest BCUT2D eigenvalue weighted by atomic mass is 79.9. The molecule has 1 aromatic rings. The van der Waals surface area contributed by atoms with Crippen LogP contribution in [0.1, 0.15) is 17.2 Å². The van der Waals surface area contributed by atoms with Crippen molar-refractivity contribution in [2.45, 2.75) is 17.8 Å². The summed E-state index contributed by atoms with van der Waals surface area (Å²) in [6, 6.07) is 2.02. The topological polar surface area (TPSA) is 78.6 Å². The summed E-state index contributed by atoms with van der Waals surface area (Å²) in [6.07, 6.45) is -4.47. The average molecular weight is 390 g/mol. The van der Waals surface area contributed by atoms with Crippen molar-refractivity contribution in [3.63, 3.8) is 0 Å². The van der Waals surface area contributed by atoms with Crippen LogP contribution in [0.3, 0.4) is 0 Å². The summed E-state index contributed by atoms with van der Waals surface area (Å²) >= 11 is 3.06. The molecule has 10 heteroatoms. The molecule has 1 unspecified atom stereocenters. The lowest BCUT2D eigenvalue weighted by Gasteiger charge is -2.20. The number of fused-ring (bicyclic) bond motifs is 1. The highest BCUT2D eigenvalue weighted by Crippen LogP contribution is 2.44. The van der Waals surface area contributed by atoms with Crippen molar-refractivity contribution in [3.8, 4) is 11.5 Å². The second kappa shape index (κ2) is 5.65. The predicted octanol–water partition coefficient (Wildman–Crippen LogP) is 2.50. The van der Waals surface area contributed by atoms with E-state index in [1.165, 1.54) is 0 Å². The zero-order valence-corrected chi connectivity index (χ0v) is 12.9. The van der Waals surface area contributed by atoms with Gasteiger partial charge in [-0.1, -0.05) is 0 Å². The maximum Gasteiger partial charge on any atom is 0.410 e. The standard InChI is InChI=1S/C11H11BrF3NO4S/c12-7-4-6(10(11(13,14)15)21(16,17)18)5-8-9(7)20-3-1-2-19-8/h4-5,10H,1-3H2,(H2,16,17,18). The molecule has 1 heterocycles. The molecular formula is C11H11BrF3NO4S. The highest BCUT2D eigenvalue weighted by molar-refractivity contribution is 9.10. The maximum absolute atomic E-state index is 13.0. The molecular weight excluding hydrogens is 379 g/mol. The third-order valence-electron chi connectivity index (χ3n) is 2.75. The molecule has 21 heavy (non-hydrogen) atoms. The Balaban J connectivity index is 2.58. The molecule has 0 saturated carbocycles. The van der Waals surface area contributed by atoms with Crippen molar-refractivity contribution in [2.24, 2.45) is 5.14 Å². The van der Waals surface area contributed by atoms with E-state index in [0.29, 0.717) is 13.0 Å². The summed E-state index contributed by atoms with van der Waals surface area (Å²) in [5, 5.41) is 1.90. The van der Waals surface area contributed by atoms with E-state index in [0.717, 1.165) is 12.1 Å². The van der Waals surface area contributed by atoms with Crippen LogP contribution in [0.25, 0.3) is 0 Å². The number of nitrogens with two attached hydrogens (primary N) is 1. The molecule has 1 atom stereocenters. The molecule has 0 spiro atoms. The van der Waals surface area contributed by atoms with E-state index in [-0.39, 0.29) is 22.6 Å². The fourth-order valence-corrected chi connectivity index (χ4v) is 3.43. The third-order valence-corrected chi connectivity index (χ3v) is 4.54. The number of primary sulfonamides is 1. The molecule has 1 aliphatic rings. The van der Waals surface area contributed by atoms with Crippen molar-refractivity contribution in [1.82, 2.24) is 0 Å². The van der Waals surface area contributed by atoms with Gasteiger partial charge in [-0.05, 0) is 33.6 Å². The second-order valence-electron chi connectivity index (χ2n) is 4.39. The van der Waals surface area contributed by atoms with E-state index < -0.39 is 27.0 Å². The minimum atomic E-state index is -5.03. The van der Waals surface area contributed by atoms with Crippen molar-refractivity contribution >= 4 is 26.0 Å². The summed E-state index contributed by atoms with van der Waals surface area (Å²) in [5.74, 6) is 0.293. The Labute approximate surface area is 127 Å². The third kappa shape index (κ3) is 3.61. The Bertz CT molecular complexity index is 648. The Morgan fingerprint density at radius 1 is 1.24 bits per heavy atom. The van der Waals surface area contributed by atoms with Crippen LogP contribution in [0.5, 0.6) is 11.5 Å². The lowest BCUT2D eigenvalue weighted by atomic mass is 10.1. The van der Waals surface area contributed by atoms with Gasteiger partial charge in [-0.3, -0.25) is 0 Å². The van der Waals surface area contributed by atoms with Gasteiger partial charge < -0.3 is 9.47 Å². The fraction of sp³-hybridized carbons (Fsp3) is 0.455. The molecule has 0 fully saturated rings. The second-order valence-corrected chi connectivity index (χ2v) is 6.89. The number of halogens is 4. The first-order chi connectivity index (χ1) is 9.60. The highest BCUT2D eigenvalue weighted by Gasteiger charge is 2.49. The molecule has 0 saturated heterocycles. The summed E-state index contributed by atoms with van der Waals surface area (Å²) in [7, 11) is -4.87. The van der Waals surface area contributed by atoms with Crippen LogP contribution in [-0.4, -0.2) is 27.8 Å². The normalized spacial score (nSPS) is 17.2. The number of rotatable bonds is 2. The van der Waals surface area contributed by atoms with Crippen molar-refractivity contribution in [2.75, 3.05) is 13.2 Å². The largest absolute Gasteiger partial charge is 0.490 e.